The number of nitrogens with zero attached hydrogens (tertiary/aromatic N) is 1. The summed E-state index contributed by atoms with van der Waals surface area (Å²) in [6.45, 7) is -2.41. The lowest BCUT2D eigenvalue weighted by Crippen LogP contribution is -2.43. The summed E-state index contributed by atoms with van der Waals surface area (Å²) < 4.78 is 67.1. The van der Waals surface area contributed by atoms with Crippen LogP contribution in [0.1, 0.15) is 12.8 Å². The number of carbonyl (C=O) groups is 2. The fraction of sp³-hybridized carbons (Fsp3) is 0.467. The Bertz CT molecular complexity index is 799. The van der Waals surface area contributed by atoms with Crippen molar-refractivity contribution < 1.29 is 35.9 Å². The van der Waals surface area contributed by atoms with Gasteiger partial charge in [-0.2, -0.15) is 17.5 Å². The van der Waals surface area contributed by atoms with Crippen LogP contribution in [0.3, 0.4) is 0 Å². The number of carbonyl (C=O) groups excluding carboxylic acids is 2. The van der Waals surface area contributed by atoms with E-state index in [1.807, 2.05) is 0 Å². The number of hydrogen-bond acceptors (Lipinski definition) is 5. The van der Waals surface area contributed by atoms with Crippen LogP contribution in [0.4, 0.5) is 13.2 Å². The van der Waals surface area contributed by atoms with Crippen LogP contribution in [0, 0.1) is 0 Å². The highest BCUT2D eigenvalue weighted by Crippen LogP contribution is 2.27. The predicted molar refractivity (Wildman–Crippen MR) is 88.4 cm³/mol. The first-order chi connectivity index (χ1) is 12.5. The minimum atomic E-state index is -4.59. The second-order valence-corrected chi connectivity index (χ2v) is 8.05. The fourth-order valence-corrected chi connectivity index (χ4v) is 4.26. The van der Waals surface area contributed by atoms with Gasteiger partial charge in [0, 0.05) is 11.6 Å². The van der Waals surface area contributed by atoms with E-state index in [4.69, 9.17) is 11.6 Å². The molecule has 12 heteroatoms. The molecule has 0 radical (unpaired) electrons. The number of benzene rings is 1. The van der Waals surface area contributed by atoms with Crippen LogP contribution in [-0.2, 0) is 24.3 Å². The molecule has 1 fully saturated rings. The fourth-order valence-electron chi connectivity index (χ4n) is 2.49. The van der Waals surface area contributed by atoms with Gasteiger partial charge in [-0.15, -0.1) is 0 Å². The molecule has 1 amide bonds. The third-order valence-corrected chi connectivity index (χ3v) is 5.90. The van der Waals surface area contributed by atoms with Crippen molar-refractivity contribution in [2.75, 3.05) is 19.7 Å². The third kappa shape index (κ3) is 5.81. The molecule has 1 atom stereocenters. The van der Waals surface area contributed by atoms with Crippen LogP contribution < -0.4 is 5.32 Å². The van der Waals surface area contributed by atoms with Crippen molar-refractivity contribution in [2.24, 2.45) is 0 Å². The normalized spacial score (nSPS) is 18.3. The molecule has 0 aromatic heterocycles. The van der Waals surface area contributed by atoms with E-state index in [0.717, 1.165) is 4.31 Å². The number of alkyl halides is 3. The van der Waals surface area contributed by atoms with Gasteiger partial charge in [0.2, 0.25) is 10.0 Å². The Kier molecular flexibility index (Phi) is 6.71. The van der Waals surface area contributed by atoms with Gasteiger partial charge in [0.1, 0.15) is 12.6 Å². The molecule has 1 aromatic carbocycles. The van der Waals surface area contributed by atoms with Crippen LogP contribution >= 0.6 is 11.6 Å². The zero-order chi connectivity index (χ0) is 20.2. The molecule has 1 heterocycles. The Balaban J connectivity index is 1.99. The van der Waals surface area contributed by atoms with Crippen LogP contribution in [0.15, 0.2) is 29.2 Å². The van der Waals surface area contributed by atoms with E-state index in [1.54, 1.807) is 5.32 Å². The number of hydrogen-bond donors (Lipinski definition) is 1. The van der Waals surface area contributed by atoms with Gasteiger partial charge in [0.25, 0.3) is 5.91 Å². The number of esters is 1. The average Bonchev–Trinajstić information content (AvgIpc) is 3.08. The summed E-state index contributed by atoms with van der Waals surface area (Å²) in [7, 11) is -3.99. The second-order valence-electron chi connectivity index (χ2n) is 5.73. The van der Waals surface area contributed by atoms with Gasteiger partial charge in [-0.3, -0.25) is 9.59 Å². The van der Waals surface area contributed by atoms with Crippen LogP contribution in [0.5, 0.6) is 0 Å². The molecule has 0 saturated carbocycles. The van der Waals surface area contributed by atoms with Gasteiger partial charge < -0.3 is 10.1 Å². The number of sulfonamides is 1. The number of rotatable bonds is 6. The van der Waals surface area contributed by atoms with E-state index in [2.05, 4.69) is 4.74 Å². The van der Waals surface area contributed by atoms with Crippen molar-refractivity contribution in [3.8, 4) is 0 Å². The van der Waals surface area contributed by atoms with E-state index < -0.39 is 47.3 Å². The maximum atomic E-state index is 12.7. The lowest BCUT2D eigenvalue weighted by molar-refractivity contribution is -0.153. The Morgan fingerprint density at radius 1 is 1.26 bits per heavy atom. The summed E-state index contributed by atoms with van der Waals surface area (Å²) in [5, 5.41) is 1.90. The zero-order valence-corrected chi connectivity index (χ0v) is 15.4. The number of ether oxygens (including phenoxy) is 1. The van der Waals surface area contributed by atoms with Crippen molar-refractivity contribution in [2.45, 2.75) is 30.0 Å². The summed E-state index contributed by atoms with van der Waals surface area (Å²) in [6.07, 6.45) is -4.02. The average molecular weight is 429 g/mol. The summed E-state index contributed by atoms with van der Waals surface area (Å²) in [6, 6.07) is 4.22. The lowest BCUT2D eigenvalue weighted by atomic mass is 10.2. The molecule has 0 spiro atoms. The maximum absolute atomic E-state index is 12.7. The smallest absolute Gasteiger partial charge is 0.405 e. The molecule has 7 nitrogen and oxygen atoms in total. The molecule has 27 heavy (non-hydrogen) atoms. The summed E-state index contributed by atoms with van der Waals surface area (Å²) >= 11 is 5.73. The second kappa shape index (κ2) is 8.44. The first-order valence-corrected chi connectivity index (χ1v) is 9.60. The molecule has 150 valence electrons. The van der Waals surface area contributed by atoms with Gasteiger partial charge in [0.05, 0.1) is 4.90 Å². The molecule has 0 aliphatic carbocycles. The highest BCUT2D eigenvalue weighted by atomic mass is 35.5. The Morgan fingerprint density at radius 3 is 2.48 bits per heavy atom. The Labute approximate surface area is 158 Å². The standard InChI is InChI=1S/C15H16ClF3N2O5S/c16-10-3-5-11(6-4-10)27(24,25)21-7-1-2-12(21)14(23)26-8-13(22)20-9-15(17,18)19/h3-6,12H,1-2,7-9H2,(H,20,22)/t12-/m0/s1. The molecular weight excluding hydrogens is 413 g/mol. The van der Waals surface area contributed by atoms with E-state index in [1.165, 1.54) is 24.3 Å². The molecule has 1 aliphatic rings. The molecule has 1 N–H and O–H groups in total. The van der Waals surface area contributed by atoms with Crippen LogP contribution in [-0.4, -0.2) is 56.5 Å². The van der Waals surface area contributed by atoms with Crippen molar-refractivity contribution in [1.82, 2.24) is 9.62 Å². The highest BCUT2D eigenvalue weighted by molar-refractivity contribution is 7.89. The van der Waals surface area contributed by atoms with Crippen molar-refractivity contribution >= 4 is 33.5 Å². The molecule has 0 bridgehead atoms. The topological polar surface area (TPSA) is 92.8 Å². The van der Waals surface area contributed by atoms with Gasteiger partial charge in [-0.05, 0) is 37.1 Å². The summed E-state index contributed by atoms with van der Waals surface area (Å²) in [5.41, 5.74) is 0. The number of nitrogens with one attached hydrogen (secondary N) is 1. The third-order valence-electron chi connectivity index (χ3n) is 3.73. The van der Waals surface area contributed by atoms with E-state index in [9.17, 15) is 31.2 Å². The molecule has 1 saturated heterocycles. The minimum absolute atomic E-state index is 0.0606. The van der Waals surface area contributed by atoms with Crippen molar-refractivity contribution in [1.29, 1.82) is 0 Å². The van der Waals surface area contributed by atoms with Gasteiger partial charge in [-0.1, -0.05) is 11.6 Å². The molecule has 1 aliphatic heterocycles. The largest absolute Gasteiger partial charge is 0.454 e. The van der Waals surface area contributed by atoms with Gasteiger partial charge in [0.15, 0.2) is 6.61 Å². The van der Waals surface area contributed by atoms with Crippen LogP contribution in [0.2, 0.25) is 5.02 Å². The SMILES string of the molecule is O=C(COC(=O)[C@@H]1CCCN1S(=O)(=O)c1ccc(Cl)cc1)NCC(F)(F)F. The summed E-state index contributed by atoms with van der Waals surface area (Å²) in [5.74, 6) is -2.13. The predicted octanol–water partition coefficient (Wildman–Crippen LogP) is 1.71. The quantitative estimate of drug-likeness (QED) is 0.696. The number of halogens is 4. The van der Waals surface area contributed by atoms with Gasteiger partial charge >= 0.3 is 12.1 Å². The lowest BCUT2D eigenvalue weighted by Gasteiger charge is -2.22. The van der Waals surface area contributed by atoms with Gasteiger partial charge in [-0.25, -0.2) is 8.42 Å². The summed E-state index contributed by atoms with van der Waals surface area (Å²) in [4.78, 5) is 23.4. The molecule has 1 aromatic rings. The monoisotopic (exact) mass is 428 g/mol. The van der Waals surface area contributed by atoms with E-state index in [0.29, 0.717) is 11.4 Å². The molecule has 0 unspecified atom stereocenters. The van der Waals surface area contributed by atoms with E-state index >= 15 is 0 Å². The Hall–Kier alpha value is -1.85. The first kappa shape index (κ1) is 21.5. The Morgan fingerprint density at radius 2 is 1.89 bits per heavy atom. The van der Waals surface area contributed by atoms with Crippen molar-refractivity contribution in [3.05, 3.63) is 29.3 Å². The zero-order valence-electron chi connectivity index (χ0n) is 13.8. The number of amides is 1. The maximum Gasteiger partial charge on any atom is 0.405 e. The first-order valence-electron chi connectivity index (χ1n) is 7.78. The minimum Gasteiger partial charge on any atom is -0.454 e. The van der Waals surface area contributed by atoms with Crippen molar-refractivity contribution in [3.63, 3.8) is 0 Å². The van der Waals surface area contributed by atoms with Crippen LogP contribution in [0.25, 0.3) is 0 Å². The highest BCUT2D eigenvalue weighted by Gasteiger charge is 2.40. The molecule has 2 rings (SSSR count). The molecular formula is C15H16ClF3N2O5S. The van der Waals surface area contributed by atoms with E-state index in [-0.39, 0.29) is 17.9 Å².